The Kier molecular flexibility index (Phi) is 4.12. The maximum absolute atomic E-state index is 12.1. The van der Waals surface area contributed by atoms with Crippen molar-refractivity contribution >= 4 is 16.0 Å². The molecule has 0 bridgehead atoms. The summed E-state index contributed by atoms with van der Waals surface area (Å²) in [5, 5.41) is 15.3. The molecule has 0 saturated carbocycles. The van der Waals surface area contributed by atoms with E-state index in [0.29, 0.717) is 11.4 Å². The van der Waals surface area contributed by atoms with Gasteiger partial charge in [-0.15, -0.1) is 0 Å². The summed E-state index contributed by atoms with van der Waals surface area (Å²) in [6.07, 6.45) is 0. The first-order chi connectivity index (χ1) is 8.16. The van der Waals surface area contributed by atoms with Crippen LogP contribution in [0.3, 0.4) is 0 Å². The number of aromatic amines is 1. The van der Waals surface area contributed by atoms with E-state index in [9.17, 15) is 13.2 Å². The highest BCUT2D eigenvalue weighted by atomic mass is 32.2. The van der Waals surface area contributed by atoms with Gasteiger partial charge in [-0.25, -0.2) is 8.42 Å². The number of aliphatic carboxylic acids is 1. The van der Waals surface area contributed by atoms with Crippen LogP contribution in [0.15, 0.2) is 4.90 Å². The minimum atomic E-state index is -3.89. The molecule has 0 radical (unpaired) electrons. The van der Waals surface area contributed by atoms with Gasteiger partial charge in [-0.05, 0) is 19.8 Å². The number of nitrogens with one attached hydrogen (secondary N) is 2. The van der Waals surface area contributed by atoms with Crippen LogP contribution in [-0.2, 0) is 14.8 Å². The Morgan fingerprint density at radius 1 is 1.39 bits per heavy atom. The molecule has 18 heavy (non-hydrogen) atoms. The van der Waals surface area contributed by atoms with Crippen molar-refractivity contribution in [3.63, 3.8) is 0 Å². The second-order valence-electron chi connectivity index (χ2n) is 4.44. The molecule has 0 aliphatic rings. The highest BCUT2D eigenvalue weighted by Crippen LogP contribution is 2.17. The first-order valence-electron chi connectivity index (χ1n) is 5.43. The highest BCUT2D eigenvalue weighted by molar-refractivity contribution is 7.89. The lowest BCUT2D eigenvalue weighted by atomic mass is 10.1. The van der Waals surface area contributed by atoms with Crippen LogP contribution in [0, 0.1) is 19.8 Å². The van der Waals surface area contributed by atoms with E-state index in [2.05, 4.69) is 14.9 Å². The predicted octanol–water partition coefficient (Wildman–Crippen LogP) is 0.414. The summed E-state index contributed by atoms with van der Waals surface area (Å²) in [4.78, 5) is 11.0. The summed E-state index contributed by atoms with van der Waals surface area (Å²) in [5.41, 5.74) is 0.695. The van der Waals surface area contributed by atoms with Crippen molar-refractivity contribution in [2.24, 2.45) is 5.92 Å². The number of hydrogen-bond acceptors (Lipinski definition) is 4. The summed E-state index contributed by atoms with van der Waals surface area (Å²) in [6, 6.07) is -1.16. The van der Waals surface area contributed by atoms with Crippen LogP contribution in [0.25, 0.3) is 0 Å². The minimum absolute atomic E-state index is 0.00870. The molecular weight excluding hydrogens is 258 g/mol. The molecule has 1 aromatic rings. The third-order valence-electron chi connectivity index (χ3n) is 2.54. The van der Waals surface area contributed by atoms with Crippen LogP contribution >= 0.6 is 0 Å². The largest absolute Gasteiger partial charge is 0.480 e. The number of sulfonamides is 1. The Morgan fingerprint density at radius 2 is 1.94 bits per heavy atom. The van der Waals surface area contributed by atoms with E-state index in [1.807, 2.05) is 0 Å². The quantitative estimate of drug-likeness (QED) is 0.720. The Labute approximate surface area is 106 Å². The third kappa shape index (κ3) is 2.88. The zero-order valence-corrected chi connectivity index (χ0v) is 11.5. The molecule has 8 heteroatoms. The molecule has 102 valence electrons. The van der Waals surface area contributed by atoms with Crippen molar-refractivity contribution in [1.29, 1.82) is 0 Å². The number of carbonyl (C=O) groups is 1. The molecular formula is C10H17N3O4S. The van der Waals surface area contributed by atoms with E-state index in [0.717, 1.165) is 0 Å². The van der Waals surface area contributed by atoms with Gasteiger partial charge in [0.1, 0.15) is 10.9 Å². The lowest BCUT2D eigenvalue weighted by Gasteiger charge is -2.17. The van der Waals surface area contributed by atoms with E-state index in [-0.39, 0.29) is 10.8 Å². The zero-order chi connectivity index (χ0) is 14.1. The van der Waals surface area contributed by atoms with Crippen LogP contribution in [0.2, 0.25) is 0 Å². The number of carboxylic acids is 1. The molecule has 1 atom stereocenters. The fourth-order valence-electron chi connectivity index (χ4n) is 1.63. The van der Waals surface area contributed by atoms with Crippen molar-refractivity contribution in [2.75, 3.05) is 0 Å². The van der Waals surface area contributed by atoms with Crippen molar-refractivity contribution < 1.29 is 18.3 Å². The Balaban J connectivity index is 3.13. The first kappa shape index (κ1) is 14.7. The van der Waals surface area contributed by atoms with Gasteiger partial charge in [0.15, 0.2) is 0 Å². The van der Waals surface area contributed by atoms with Crippen molar-refractivity contribution in [2.45, 2.75) is 38.6 Å². The van der Waals surface area contributed by atoms with Crippen LogP contribution in [0.5, 0.6) is 0 Å². The van der Waals surface area contributed by atoms with E-state index < -0.39 is 22.0 Å². The van der Waals surface area contributed by atoms with Gasteiger partial charge in [-0.1, -0.05) is 13.8 Å². The van der Waals surface area contributed by atoms with Crippen molar-refractivity contribution in [3.05, 3.63) is 11.4 Å². The van der Waals surface area contributed by atoms with E-state index in [1.54, 1.807) is 27.7 Å². The van der Waals surface area contributed by atoms with Crippen LogP contribution < -0.4 is 4.72 Å². The molecule has 0 aliphatic heterocycles. The fraction of sp³-hybridized carbons (Fsp3) is 0.600. The van der Waals surface area contributed by atoms with Crippen LogP contribution in [0.4, 0.5) is 0 Å². The van der Waals surface area contributed by atoms with Gasteiger partial charge in [0, 0.05) is 0 Å². The molecule has 0 amide bonds. The second-order valence-corrected chi connectivity index (χ2v) is 6.10. The third-order valence-corrected chi connectivity index (χ3v) is 4.25. The molecule has 0 spiro atoms. The molecule has 1 rings (SSSR count). The molecule has 7 nitrogen and oxygen atoms in total. The van der Waals surface area contributed by atoms with Crippen molar-refractivity contribution in [3.8, 4) is 0 Å². The number of rotatable bonds is 5. The standard InChI is InChI=1S/C10H17N3O4S/c1-5(2)8(10(14)15)13-18(16,17)9-6(3)11-12-7(9)4/h5,8,13H,1-4H3,(H,11,12)(H,14,15)/t8-/m1/s1. The Hall–Kier alpha value is -1.41. The number of aryl methyl sites for hydroxylation is 2. The zero-order valence-electron chi connectivity index (χ0n) is 10.7. The summed E-state index contributed by atoms with van der Waals surface area (Å²) in [5.74, 6) is -1.56. The molecule has 1 aromatic heterocycles. The number of carboxylic acid groups (broad SMARTS) is 1. The number of H-pyrrole nitrogens is 1. The molecule has 0 aromatic carbocycles. The lowest BCUT2D eigenvalue weighted by molar-refractivity contribution is -0.140. The minimum Gasteiger partial charge on any atom is -0.480 e. The summed E-state index contributed by atoms with van der Waals surface area (Å²) >= 11 is 0. The summed E-state index contributed by atoms with van der Waals surface area (Å²) in [7, 11) is -3.89. The maximum Gasteiger partial charge on any atom is 0.322 e. The smallest absolute Gasteiger partial charge is 0.322 e. The fourth-order valence-corrected chi connectivity index (χ4v) is 3.34. The van der Waals surface area contributed by atoms with Gasteiger partial charge >= 0.3 is 5.97 Å². The molecule has 1 heterocycles. The van der Waals surface area contributed by atoms with E-state index in [1.165, 1.54) is 0 Å². The van der Waals surface area contributed by atoms with Crippen molar-refractivity contribution in [1.82, 2.24) is 14.9 Å². The normalized spacial score (nSPS) is 13.8. The SMILES string of the molecule is Cc1n[nH]c(C)c1S(=O)(=O)N[C@@H](C(=O)O)C(C)C. The summed E-state index contributed by atoms with van der Waals surface area (Å²) in [6.45, 7) is 6.38. The summed E-state index contributed by atoms with van der Waals surface area (Å²) < 4.78 is 26.4. The second kappa shape index (κ2) is 5.07. The molecule has 0 fully saturated rings. The van der Waals surface area contributed by atoms with Gasteiger partial charge in [0.2, 0.25) is 10.0 Å². The van der Waals surface area contributed by atoms with Gasteiger partial charge in [-0.3, -0.25) is 9.89 Å². The van der Waals surface area contributed by atoms with E-state index >= 15 is 0 Å². The number of nitrogens with zero attached hydrogens (tertiary/aromatic N) is 1. The van der Waals surface area contributed by atoms with Gasteiger partial charge in [0.25, 0.3) is 0 Å². The predicted molar refractivity (Wildman–Crippen MR) is 64.6 cm³/mol. The molecule has 0 aliphatic carbocycles. The van der Waals surface area contributed by atoms with Crippen LogP contribution in [-0.4, -0.2) is 35.7 Å². The molecule has 0 unspecified atom stereocenters. The lowest BCUT2D eigenvalue weighted by Crippen LogP contribution is -2.44. The Morgan fingerprint density at radius 3 is 2.28 bits per heavy atom. The molecule has 3 N–H and O–H groups in total. The maximum atomic E-state index is 12.1. The highest BCUT2D eigenvalue weighted by Gasteiger charge is 2.30. The number of aromatic nitrogens is 2. The average molecular weight is 275 g/mol. The van der Waals surface area contributed by atoms with E-state index in [4.69, 9.17) is 5.11 Å². The molecule has 0 saturated heterocycles. The van der Waals surface area contributed by atoms with Gasteiger partial charge in [0.05, 0.1) is 11.4 Å². The number of hydrogen-bond donors (Lipinski definition) is 3. The monoisotopic (exact) mass is 275 g/mol. The van der Waals surface area contributed by atoms with Crippen LogP contribution in [0.1, 0.15) is 25.2 Å². The Bertz CT molecular complexity index is 528. The first-order valence-corrected chi connectivity index (χ1v) is 6.92. The van der Waals surface area contributed by atoms with Gasteiger partial charge < -0.3 is 5.11 Å². The average Bonchev–Trinajstić information content (AvgIpc) is 2.54. The van der Waals surface area contributed by atoms with Gasteiger partial charge in [-0.2, -0.15) is 9.82 Å². The topological polar surface area (TPSA) is 112 Å².